The molecule has 1 aromatic carbocycles. The lowest BCUT2D eigenvalue weighted by Gasteiger charge is -2.07. The maximum Gasteiger partial charge on any atom is 0.416 e. The van der Waals surface area contributed by atoms with Crippen molar-refractivity contribution in [3.05, 3.63) is 37.5 Å². The van der Waals surface area contributed by atoms with Gasteiger partial charge in [0.05, 0.1) is 16.0 Å². The summed E-state index contributed by atoms with van der Waals surface area (Å²) >= 11 is 0.359. The molecule has 1 aromatic heterocycles. The standard InChI is InChI=1S/C10H5F3N2O4S/c1-4(16)14-6-2-5(10(11,12)13)3-7(15(18)19)8(6)20-9(14)17/h2-3H,1H3. The van der Waals surface area contributed by atoms with Crippen molar-refractivity contribution in [3.63, 3.8) is 0 Å². The number of nitrogens with zero attached hydrogens (tertiary/aromatic N) is 2. The Labute approximate surface area is 112 Å². The number of alkyl halides is 3. The van der Waals surface area contributed by atoms with Gasteiger partial charge in [0.25, 0.3) is 5.69 Å². The van der Waals surface area contributed by atoms with Crippen LogP contribution in [-0.4, -0.2) is 15.4 Å². The molecule has 0 aliphatic carbocycles. The SMILES string of the molecule is CC(=O)n1c(=O)sc2c([N+](=O)[O-])cc(C(F)(F)F)cc21. The number of nitro benzene ring substituents is 1. The molecule has 10 heteroatoms. The first-order chi connectivity index (χ1) is 9.12. The number of halogens is 3. The molecular weight excluding hydrogens is 301 g/mol. The molecule has 20 heavy (non-hydrogen) atoms. The van der Waals surface area contributed by atoms with Crippen LogP contribution in [0.5, 0.6) is 0 Å². The molecule has 0 saturated heterocycles. The normalized spacial score (nSPS) is 11.8. The van der Waals surface area contributed by atoms with Crippen molar-refractivity contribution < 1.29 is 22.9 Å². The summed E-state index contributed by atoms with van der Waals surface area (Å²) < 4.78 is 38.3. The van der Waals surface area contributed by atoms with E-state index in [9.17, 15) is 32.9 Å². The number of thiazole rings is 1. The number of carbonyl (C=O) groups excluding carboxylic acids is 1. The predicted molar refractivity (Wildman–Crippen MR) is 64.0 cm³/mol. The van der Waals surface area contributed by atoms with E-state index in [1.807, 2.05) is 0 Å². The van der Waals surface area contributed by atoms with Crippen LogP contribution in [0.15, 0.2) is 16.9 Å². The maximum atomic E-state index is 12.7. The van der Waals surface area contributed by atoms with E-state index >= 15 is 0 Å². The largest absolute Gasteiger partial charge is 0.416 e. The molecular formula is C10H5F3N2O4S. The van der Waals surface area contributed by atoms with E-state index < -0.39 is 38.6 Å². The fourth-order valence-corrected chi connectivity index (χ4v) is 2.68. The van der Waals surface area contributed by atoms with Crippen LogP contribution in [0, 0.1) is 10.1 Å². The van der Waals surface area contributed by atoms with E-state index in [-0.39, 0.29) is 4.70 Å². The van der Waals surface area contributed by atoms with E-state index in [4.69, 9.17) is 0 Å². The van der Waals surface area contributed by atoms with Crippen LogP contribution >= 0.6 is 11.3 Å². The molecule has 0 atom stereocenters. The van der Waals surface area contributed by atoms with E-state index in [2.05, 4.69) is 0 Å². The van der Waals surface area contributed by atoms with Gasteiger partial charge in [-0.25, -0.2) is 4.57 Å². The number of carbonyl (C=O) groups is 1. The molecule has 0 unspecified atom stereocenters. The lowest BCUT2D eigenvalue weighted by molar-refractivity contribution is -0.383. The third-order valence-corrected chi connectivity index (χ3v) is 3.48. The molecule has 0 fully saturated rings. The van der Waals surface area contributed by atoms with Crippen LogP contribution < -0.4 is 4.87 Å². The van der Waals surface area contributed by atoms with Crippen LogP contribution in [0.1, 0.15) is 17.3 Å². The second kappa shape index (κ2) is 4.40. The van der Waals surface area contributed by atoms with Crippen molar-refractivity contribution in [2.45, 2.75) is 13.1 Å². The number of aromatic nitrogens is 1. The first-order valence-electron chi connectivity index (χ1n) is 5.05. The number of benzene rings is 1. The van der Waals surface area contributed by atoms with Gasteiger partial charge in [-0.2, -0.15) is 13.2 Å². The summed E-state index contributed by atoms with van der Waals surface area (Å²) in [5.41, 5.74) is -2.55. The summed E-state index contributed by atoms with van der Waals surface area (Å²) in [7, 11) is 0. The highest BCUT2D eigenvalue weighted by atomic mass is 32.1. The fraction of sp³-hybridized carbons (Fsp3) is 0.200. The number of hydrogen-bond donors (Lipinski definition) is 0. The zero-order valence-corrected chi connectivity index (χ0v) is 10.5. The minimum atomic E-state index is -4.82. The second-order valence-corrected chi connectivity index (χ2v) is 4.78. The lowest BCUT2D eigenvalue weighted by atomic mass is 10.1. The topological polar surface area (TPSA) is 82.2 Å². The smallest absolute Gasteiger partial charge is 0.274 e. The van der Waals surface area contributed by atoms with E-state index in [0.717, 1.165) is 6.92 Å². The minimum absolute atomic E-state index is 0.261. The predicted octanol–water partition coefficient (Wildman–Crippen LogP) is 2.65. The summed E-state index contributed by atoms with van der Waals surface area (Å²) in [6.07, 6.45) is -4.82. The first-order valence-corrected chi connectivity index (χ1v) is 5.86. The average molecular weight is 306 g/mol. The van der Waals surface area contributed by atoms with Crippen LogP contribution in [0.2, 0.25) is 0 Å². The highest BCUT2D eigenvalue weighted by molar-refractivity contribution is 7.17. The Hall–Kier alpha value is -2.23. The number of nitro groups is 1. The van der Waals surface area contributed by atoms with E-state index in [1.165, 1.54) is 0 Å². The van der Waals surface area contributed by atoms with Gasteiger partial charge in [-0.05, 0) is 6.07 Å². The monoisotopic (exact) mass is 306 g/mol. The van der Waals surface area contributed by atoms with Gasteiger partial charge in [-0.1, -0.05) is 11.3 Å². The van der Waals surface area contributed by atoms with E-state index in [1.54, 1.807) is 0 Å². The summed E-state index contributed by atoms with van der Waals surface area (Å²) in [6, 6.07) is 0.907. The maximum absolute atomic E-state index is 12.7. The van der Waals surface area contributed by atoms with Gasteiger partial charge < -0.3 is 0 Å². The van der Waals surface area contributed by atoms with Crippen LogP contribution in [-0.2, 0) is 6.18 Å². The molecule has 2 aromatic rings. The summed E-state index contributed by atoms with van der Waals surface area (Å²) in [5, 5.41) is 10.8. The molecule has 0 aliphatic rings. The minimum Gasteiger partial charge on any atom is -0.274 e. The molecule has 0 bridgehead atoms. The van der Waals surface area contributed by atoms with Crippen molar-refractivity contribution in [1.82, 2.24) is 4.57 Å². The number of rotatable bonds is 1. The van der Waals surface area contributed by atoms with Crippen molar-refractivity contribution in [2.75, 3.05) is 0 Å². The quantitative estimate of drug-likeness (QED) is 0.599. The molecule has 106 valence electrons. The Morgan fingerprint density at radius 2 is 2.00 bits per heavy atom. The summed E-state index contributed by atoms with van der Waals surface area (Å²) in [6.45, 7) is 0.986. The Morgan fingerprint density at radius 1 is 1.40 bits per heavy atom. The molecule has 0 spiro atoms. The van der Waals surface area contributed by atoms with Crippen LogP contribution in [0.3, 0.4) is 0 Å². The van der Waals surface area contributed by atoms with Gasteiger partial charge in [0.1, 0.15) is 4.70 Å². The third-order valence-electron chi connectivity index (χ3n) is 2.50. The number of fused-ring (bicyclic) bond motifs is 1. The van der Waals surface area contributed by atoms with Gasteiger partial charge >= 0.3 is 11.0 Å². The molecule has 0 radical (unpaired) electrons. The molecule has 0 saturated carbocycles. The van der Waals surface area contributed by atoms with Crippen molar-refractivity contribution in [2.24, 2.45) is 0 Å². The Bertz CT molecular complexity index is 790. The number of hydrogen-bond acceptors (Lipinski definition) is 5. The van der Waals surface area contributed by atoms with Gasteiger partial charge in [0, 0.05) is 13.0 Å². The molecule has 0 amide bonds. The van der Waals surface area contributed by atoms with Gasteiger partial charge in [-0.15, -0.1) is 0 Å². The van der Waals surface area contributed by atoms with Crippen LogP contribution in [0.4, 0.5) is 18.9 Å². The zero-order chi connectivity index (χ0) is 15.2. The number of non-ortho nitro benzene ring substituents is 1. The third kappa shape index (κ3) is 2.18. The van der Waals surface area contributed by atoms with Crippen LogP contribution in [0.25, 0.3) is 10.2 Å². The van der Waals surface area contributed by atoms with Crippen molar-refractivity contribution in [3.8, 4) is 0 Å². The summed E-state index contributed by atoms with van der Waals surface area (Å²) in [5.74, 6) is -0.810. The highest BCUT2D eigenvalue weighted by Crippen LogP contribution is 2.37. The average Bonchev–Trinajstić information content (AvgIpc) is 2.61. The molecule has 1 heterocycles. The molecule has 2 rings (SSSR count). The Kier molecular flexibility index (Phi) is 3.12. The lowest BCUT2D eigenvalue weighted by Crippen LogP contribution is -2.18. The van der Waals surface area contributed by atoms with Gasteiger partial charge in [0.2, 0.25) is 5.91 Å². The summed E-state index contributed by atoms with van der Waals surface area (Å²) in [4.78, 5) is 31.8. The highest BCUT2D eigenvalue weighted by Gasteiger charge is 2.34. The van der Waals surface area contributed by atoms with E-state index in [0.29, 0.717) is 28.0 Å². The zero-order valence-electron chi connectivity index (χ0n) is 9.72. The van der Waals surface area contributed by atoms with Gasteiger partial charge in [-0.3, -0.25) is 19.7 Å². The Balaban J connectivity index is 2.98. The molecule has 0 N–H and O–H groups in total. The fourth-order valence-electron chi connectivity index (χ4n) is 1.70. The second-order valence-electron chi connectivity index (χ2n) is 3.82. The van der Waals surface area contributed by atoms with Crippen molar-refractivity contribution >= 4 is 33.1 Å². The molecule has 6 nitrogen and oxygen atoms in total. The first kappa shape index (κ1) is 14.2. The van der Waals surface area contributed by atoms with Crippen molar-refractivity contribution in [1.29, 1.82) is 0 Å². The van der Waals surface area contributed by atoms with Gasteiger partial charge in [0.15, 0.2) is 0 Å². The molecule has 0 aliphatic heterocycles. The Morgan fingerprint density at radius 3 is 2.45 bits per heavy atom.